The fraction of sp³-hybridized carbons (Fsp3) is 0.412. The molecule has 1 aromatic carbocycles. The molecule has 0 saturated carbocycles. The Hall–Kier alpha value is -1.81. The molecule has 0 aliphatic carbocycles. The van der Waals surface area contributed by atoms with Gasteiger partial charge in [0.05, 0.1) is 28.8 Å². The lowest BCUT2D eigenvalue weighted by Gasteiger charge is -2.26. The average molecular weight is 396 g/mol. The highest BCUT2D eigenvalue weighted by molar-refractivity contribution is 7.89. The van der Waals surface area contributed by atoms with E-state index in [1.807, 2.05) is 13.8 Å². The van der Waals surface area contributed by atoms with Crippen molar-refractivity contribution < 1.29 is 17.9 Å². The van der Waals surface area contributed by atoms with Crippen molar-refractivity contribution in [2.75, 3.05) is 26.3 Å². The molecular weight excluding hydrogens is 374 g/mol. The van der Waals surface area contributed by atoms with Gasteiger partial charge in [0.15, 0.2) is 0 Å². The second-order valence-electron chi connectivity index (χ2n) is 5.99. The standard InChI is InChI=1S/C17H21N3O4S2/c1-12-16(25-13(2)19-12)17(21)18-11-14-3-5-15(6-4-14)26(22,23)20-7-9-24-10-8-20/h3-6H,7-11H2,1-2H3,(H,18,21). The molecule has 1 aromatic heterocycles. The molecule has 26 heavy (non-hydrogen) atoms. The van der Waals surface area contributed by atoms with Crippen molar-refractivity contribution in [3.8, 4) is 0 Å². The van der Waals surface area contributed by atoms with Gasteiger partial charge in [-0.25, -0.2) is 13.4 Å². The summed E-state index contributed by atoms with van der Waals surface area (Å²) >= 11 is 1.36. The van der Waals surface area contributed by atoms with E-state index in [4.69, 9.17) is 4.74 Å². The van der Waals surface area contributed by atoms with Crippen LogP contribution in [0.5, 0.6) is 0 Å². The van der Waals surface area contributed by atoms with E-state index >= 15 is 0 Å². The van der Waals surface area contributed by atoms with Crippen molar-refractivity contribution in [3.05, 3.63) is 45.4 Å². The van der Waals surface area contributed by atoms with Crippen LogP contribution in [0.25, 0.3) is 0 Å². The first-order chi connectivity index (χ1) is 12.4. The Balaban J connectivity index is 1.64. The van der Waals surface area contributed by atoms with Gasteiger partial charge in [-0.15, -0.1) is 11.3 Å². The summed E-state index contributed by atoms with van der Waals surface area (Å²) in [7, 11) is -3.50. The van der Waals surface area contributed by atoms with E-state index in [1.165, 1.54) is 15.6 Å². The lowest BCUT2D eigenvalue weighted by atomic mass is 10.2. The molecule has 140 valence electrons. The van der Waals surface area contributed by atoms with Crippen molar-refractivity contribution in [1.82, 2.24) is 14.6 Å². The Kier molecular flexibility index (Phi) is 5.71. The van der Waals surface area contributed by atoms with Crippen LogP contribution in [0.3, 0.4) is 0 Å². The van der Waals surface area contributed by atoms with Gasteiger partial charge in [0.2, 0.25) is 10.0 Å². The summed E-state index contributed by atoms with van der Waals surface area (Å²) in [5.41, 5.74) is 1.55. The molecule has 2 heterocycles. The van der Waals surface area contributed by atoms with Gasteiger partial charge in [0, 0.05) is 19.6 Å². The Bertz CT molecular complexity index is 885. The van der Waals surface area contributed by atoms with E-state index in [1.54, 1.807) is 24.3 Å². The maximum absolute atomic E-state index is 12.6. The molecule has 0 atom stereocenters. The van der Waals surface area contributed by atoms with E-state index in [-0.39, 0.29) is 10.8 Å². The quantitative estimate of drug-likeness (QED) is 0.833. The number of morpholine rings is 1. The molecule has 0 spiro atoms. The largest absolute Gasteiger partial charge is 0.379 e. The van der Waals surface area contributed by atoms with Gasteiger partial charge in [-0.2, -0.15) is 4.31 Å². The van der Waals surface area contributed by atoms with Gasteiger partial charge in [-0.05, 0) is 31.5 Å². The zero-order valence-electron chi connectivity index (χ0n) is 14.7. The van der Waals surface area contributed by atoms with E-state index in [9.17, 15) is 13.2 Å². The number of carbonyl (C=O) groups is 1. The summed E-state index contributed by atoms with van der Waals surface area (Å²) in [6, 6.07) is 6.60. The predicted molar refractivity (Wildman–Crippen MR) is 98.8 cm³/mol. The third-order valence-electron chi connectivity index (χ3n) is 4.09. The van der Waals surface area contributed by atoms with Crippen LogP contribution >= 0.6 is 11.3 Å². The van der Waals surface area contributed by atoms with E-state index < -0.39 is 10.0 Å². The lowest BCUT2D eigenvalue weighted by Crippen LogP contribution is -2.40. The number of aryl methyl sites for hydroxylation is 2. The zero-order chi connectivity index (χ0) is 18.7. The van der Waals surface area contributed by atoms with E-state index in [0.717, 1.165) is 16.3 Å². The smallest absolute Gasteiger partial charge is 0.263 e. The minimum Gasteiger partial charge on any atom is -0.379 e. The van der Waals surface area contributed by atoms with Crippen molar-refractivity contribution in [2.24, 2.45) is 0 Å². The number of benzene rings is 1. The maximum Gasteiger partial charge on any atom is 0.263 e. The van der Waals surface area contributed by atoms with Crippen molar-refractivity contribution in [3.63, 3.8) is 0 Å². The number of amides is 1. The molecule has 9 heteroatoms. The summed E-state index contributed by atoms with van der Waals surface area (Å²) in [5.74, 6) is -0.168. The summed E-state index contributed by atoms with van der Waals surface area (Å²) in [5, 5.41) is 3.70. The first kappa shape index (κ1) is 19.0. The zero-order valence-corrected chi connectivity index (χ0v) is 16.3. The van der Waals surface area contributed by atoms with Gasteiger partial charge in [-0.1, -0.05) is 12.1 Å². The van der Waals surface area contributed by atoms with Crippen molar-refractivity contribution in [1.29, 1.82) is 0 Å². The number of nitrogens with one attached hydrogen (secondary N) is 1. The molecular formula is C17H21N3O4S2. The number of thiazole rings is 1. The van der Waals surface area contributed by atoms with Gasteiger partial charge in [0.1, 0.15) is 4.88 Å². The number of carbonyl (C=O) groups excluding carboxylic acids is 1. The van der Waals surface area contributed by atoms with E-state index in [0.29, 0.717) is 37.7 Å². The summed E-state index contributed by atoms with van der Waals surface area (Å²) in [4.78, 5) is 17.3. The molecule has 7 nitrogen and oxygen atoms in total. The number of rotatable bonds is 5. The Morgan fingerprint density at radius 3 is 2.46 bits per heavy atom. The fourth-order valence-electron chi connectivity index (χ4n) is 2.72. The summed E-state index contributed by atoms with van der Waals surface area (Å²) < 4.78 is 31.8. The number of hydrogen-bond donors (Lipinski definition) is 1. The molecule has 0 unspecified atom stereocenters. The SMILES string of the molecule is Cc1nc(C)c(C(=O)NCc2ccc(S(=O)(=O)N3CCOCC3)cc2)s1. The van der Waals surface area contributed by atoms with E-state index in [2.05, 4.69) is 10.3 Å². The van der Waals surface area contributed by atoms with Gasteiger partial charge in [0.25, 0.3) is 5.91 Å². The molecule has 1 saturated heterocycles. The number of aromatic nitrogens is 1. The van der Waals surface area contributed by atoms with Gasteiger partial charge >= 0.3 is 0 Å². The molecule has 1 aliphatic heterocycles. The molecule has 1 fully saturated rings. The molecule has 1 N–H and O–H groups in total. The van der Waals surface area contributed by atoms with Crippen LogP contribution < -0.4 is 5.32 Å². The average Bonchev–Trinajstić information content (AvgIpc) is 2.99. The van der Waals surface area contributed by atoms with Gasteiger partial charge in [-0.3, -0.25) is 4.79 Å². The minimum atomic E-state index is -3.50. The minimum absolute atomic E-state index is 0.168. The van der Waals surface area contributed by atoms with Crippen molar-refractivity contribution in [2.45, 2.75) is 25.3 Å². The molecule has 1 amide bonds. The van der Waals surface area contributed by atoms with Crippen LogP contribution in [0.15, 0.2) is 29.2 Å². The second kappa shape index (κ2) is 7.83. The van der Waals surface area contributed by atoms with Gasteiger partial charge < -0.3 is 10.1 Å². The monoisotopic (exact) mass is 395 g/mol. The first-order valence-corrected chi connectivity index (χ1v) is 10.5. The molecule has 0 bridgehead atoms. The number of hydrogen-bond acceptors (Lipinski definition) is 6. The highest BCUT2D eigenvalue weighted by Crippen LogP contribution is 2.19. The Morgan fingerprint density at radius 1 is 1.23 bits per heavy atom. The topological polar surface area (TPSA) is 88.6 Å². The maximum atomic E-state index is 12.6. The van der Waals surface area contributed by atoms with Crippen molar-refractivity contribution >= 4 is 27.3 Å². The summed E-state index contributed by atoms with van der Waals surface area (Å²) in [6.45, 7) is 5.57. The number of sulfonamides is 1. The number of ether oxygens (including phenoxy) is 1. The third kappa shape index (κ3) is 4.12. The summed E-state index contributed by atoms with van der Waals surface area (Å²) in [6.07, 6.45) is 0. The third-order valence-corrected chi connectivity index (χ3v) is 7.08. The normalized spacial score (nSPS) is 15.8. The molecule has 2 aromatic rings. The first-order valence-electron chi connectivity index (χ1n) is 8.27. The fourth-order valence-corrected chi connectivity index (χ4v) is 4.96. The molecule has 0 radical (unpaired) electrons. The second-order valence-corrected chi connectivity index (χ2v) is 9.13. The van der Waals surface area contributed by atoms with Crippen LogP contribution in [-0.4, -0.2) is 49.9 Å². The highest BCUT2D eigenvalue weighted by Gasteiger charge is 2.26. The van der Waals surface area contributed by atoms with Crippen LogP contribution in [0, 0.1) is 13.8 Å². The van der Waals surface area contributed by atoms with Crippen LogP contribution in [-0.2, 0) is 21.3 Å². The van der Waals surface area contributed by atoms with Crippen LogP contribution in [0.4, 0.5) is 0 Å². The Labute approximate surface area is 157 Å². The highest BCUT2D eigenvalue weighted by atomic mass is 32.2. The van der Waals surface area contributed by atoms with Crippen LogP contribution in [0.1, 0.15) is 25.9 Å². The Morgan fingerprint density at radius 2 is 1.88 bits per heavy atom. The lowest BCUT2D eigenvalue weighted by molar-refractivity contribution is 0.0730. The number of nitrogens with zero attached hydrogens (tertiary/aromatic N) is 2. The molecule has 3 rings (SSSR count). The molecule has 1 aliphatic rings. The van der Waals surface area contributed by atoms with Crippen LogP contribution in [0.2, 0.25) is 0 Å². The predicted octanol–water partition coefficient (Wildman–Crippen LogP) is 1.71.